The third-order valence-electron chi connectivity index (χ3n) is 3.81. The van der Waals surface area contributed by atoms with E-state index in [9.17, 15) is 13.2 Å². The molecular formula is C18H21ClN2O4S. The number of carbonyl (C=O) groups excluding carboxylic acids is 1. The Kier molecular flexibility index (Phi) is 6.63. The standard InChI is InChI=1S/C18H21ClN2O4S/c1-13-4-6-14(7-5-13)11-20-18(22)12-21(2)26(23,24)15-8-9-17(25-3)16(19)10-15/h4-10H,11-12H2,1-3H3,(H,20,22). The number of aryl methyl sites for hydroxylation is 1. The van der Waals surface area contributed by atoms with Crippen molar-refractivity contribution in [2.75, 3.05) is 20.7 Å². The molecule has 0 aliphatic heterocycles. The lowest BCUT2D eigenvalue weighted by atomic mass is 10.1. The SMILES string of the molecule is COc1ccc(S(=O)(=O)N(C)CC(=O)NCc2ccc(C)cc2)cc1Cl. The number of halogens is 1. The minimum absolute atomic E-state index is 0.00265. The molecule has 0 fully saturated rings. The van der Waals surface area contributed by atoms with E-state index in [0.29, 0.717) is 12.3 Å². The molecule has 0 bridgehead atoms. The minimum Gasteiger partial charge on any atom is -0.495 e. The largest absolute Gasteiger partial charge is 0.495 e. The Morgan fingerprint density at radius 1 is 1.19 bits per heavy atom. The molecule has 140 valence electrons. The third kappa shape index (κ3) is 4.97. The van der Waals surface area contributed by atoms with Crippen molar-refractivity contribution in [2.24, 2.45) is 0 Å². The molecule has 0 aliphatic carbocycles. The van der Waals surface area contributed by atoms with E-state index in [4.69, 9.17) is 16.3 Å². The Morgan fingerprint density at radius 2 is 1.85 bits per heavy atom. The van der Waals surface area contributed by atoms with Crippen LogP contribution in [-0.2, 0) is 21.4 Å². The van der Waals surface area contributed by atoms with Crippen molar-refractivity contribution in [1.29, 1.82) is 0 Å². The van der Waals surface area contributed by atoms with Crippen LogP contribution in [0.1, 0.15) is 11.1 Å². The van der Waals surface area contributed by atoms with Gasteiger partial charge in [-0.1, -0.05) is 41.4 Å². The maximum atomic E-state index is 12.6. The molecule has 0 aliphatic rings. The number of hydrogen-bond donors (Lipinski definition) is 1. The highest BCUT2D eigenvalue weighted by atomic mass is 35.5. The number of nitrogens with zero attached hydrogens (tertiary/aromatic N) is 1. The van der Waals surface area contributed by atoms with Gasteiger partial charge in [-0.15, -0.1) is 0 Å². The van der Waals surface area contributed by atoms with E-state index in [1.165, 1.54) is 32.4 Å². The molecule has 0 aromatic heterocycles. The molecule has 0 unspecified atom stereocenters. The number of methoxy groups -OCH3 is 1. The molecule has 8 heteroatoms. The van der Waals surface area contributed by atoms with Crippen molar-refractivity contribution < 1.29 is 17.9 Å². The molecule has 1 amide bonds. The summed E-state index contributed by atoms with van der Waals surface area (Å²) >= 11 is 5.99. The van der Waals surface area contributed by atoms with Crippen LogP contribution < -0.4 is 10.1 Å². The van der Waals surface area contributed by atoms with Crippen molar-refractivity contribution in [2.45, 2.75) is 18.4 Å². The molecule has 0 spiro atoms. The highest BCUT2D eigenvalue weighted by molar-refractivity contribution is 7.89. The fourth-order valence-electron chi connectivity index (χ4n) is 2.24. The van der Waals surface area contributed by atoms with Gasteiger partial charge in [0.25, 0.3) is 0 Å². The van der Waals surface area contributed by atoms with Gasteiger partial charge in [0, 0.05) is 13.6 Å². The van der Waals surface area contributed by atoms with E-state index in [1.54, 1.807) is 0 Å². The summed E-state index contributed by atoms with van der Waals surface area (Å²) in [6.45, 7) is 2.02. The van der Waals surface area contributed by atoms with Crippen LogP contribution in [-0.4, -0.2) is 39.3 Å². The van der Waals surface area contributed by atoms with Crippen LogP contribution in [0.5, 0.6) is 5.75 Å². The number of rotatable bonds is 7. The summed E-state index contributed by atoms with van der Waals surface area (Å²) in [4.78, 5) is 12.1. The zero-order valence-corrected chi connectivity index (χ0v) is 16.4. The summed E-state index contributed by atoms with van der Waals surface area (Å²) in [6, 6.07) is 11.9. The average molecular weight is 397 g/mol. The fourth-order valence-corrected chi connectivity index (χ4v) is 3.71. The molecule has 2 rings (SSSR count). The third-order valence-corrected chi connectivity index (χ3v) is 5.90. The van der Waals surface area contributed by atoms with Crippen LogP contribution in [0, 0.1) is 6.92 Å². The summed E-state index contributed by atoms with van der Waals surface area (Å²) < 4.78 is 31.2. The lowest BCUT2D eigenvalue weighted by Crippen LogP contribution is -2.38. The first-order valence-electron chi connectivity index (χ1n) is 7.86. The summed E-state index contributed by atoms with van der Waals surface area (Å²) in [6.07, 6.45) is 0. The lowest BCUT2D eigenvalue weighted by molar-refractivity contribution is -0.121. The second-order valence-electron chi connectivity index (χ2n) is 5.82. The lowest BCUT2D eigenvalue weighted by Gasteiger charge is -2.17. The Bertz CT molecular complexity index is 883. The molecule has 0 heterocycles. The zero-order valence-electron chi connectivity index (χ0n) is 14.8. The van der Waals surface area contributed by atoms with Gasteiger partial charge in [0.05, 0.1) is 23.6 Å². The molecule has 6 nitrogen and oxygen atoms in total. The van der Waals surface area contributed by atoms with Crippen molar-refractivity contribution >= 4 is 27.5 Å². The maximum Gasteiger partial charge on any atom is 0.243 e. The van der Waals surface area contributed by atoms with E-state index in [-0.39, 0.29) is 16.5 Å². The summed E-state index contributed by atoms with van der Waals surface area (Å²) in [5, 5.41) is 2.90. The monoisotopic (exact) mass is 396 g/mol. The Balaban J connectivity index is 2.00. The first-order valence-corrected chi connectivity index (χ1v) is 9.68. The molecular weight excluding hydrogens is 376 g/mol. The van der Waals surface area contributed by atoms with Gasteiger partial charge < -0.3 is 10.1 Å². The highest BCUT2D eigenvalue weighted by Gasteiger charge is 2.23. The highest BCUT2D eigenvalue weighted by Crippen LogP contribution is 2.27. The number of nitrogens with one attached hydrogen (secondary N) is 1. The smallest absolute Gasteiger partial charge is 0.243 e. The van der Waals surface area contributed by atoms with Crippen LogP contribution in [0.15, 0.2) is 47.4 Å². The van der Waals surface area contributed by atoms with Crippen LogP contribution in [0.2, 0.25) is 5.02 Å². The molecule has 26 heavy (non-hydrogen) atoms. The first-order chi connectivity index (χ1) is 12.2. The van der Waals surface area contributed by atoms with E-state index in [2.05, 4.69) is 5.32 Å². The normalized spacial score (nSPS) is 11.4. The zero-order chi connectivity index (χ0) is 19.3. The van der Waals surface area contributed by atoms with Crippen molar-refractivity contribution in [1.82, 2.24) is 9.62 Å². The van der Waals surface area contributed by atoms with Crippen LogP contribution in [0.3, 0.4) is 0 Å². The molecule has 0 saturated heterocycles. The van der Waals surface area contributed by atoms with Gasteiger partial charge in [-0.05, 0) is 30.7 Å². The van der Waals surface area contributed by atoms with Crippen LogP contribution in [0.25, 0.3) is 0 Å². The molecule has 0 atom stereocenters. The van der Waals surface area contributed by atoms with Gasteiger partial charge in [-0.2, -0.15) is 4.31 Å². The number of hydrogen-bond acceptors (Lipinski definition) is 4. The summed E-state index contributed by atoms with van der Waals surface area (Å²) in [7, 11) is -1.05. The predicted molar refractivity (Wildman–Crippen MR) is 101 cm³/mol. The van der Waals surface area contributed by atoms with Crippen LogP contribution in [0.4, 0.5) is 0 Å². The van der Waals surface area contributed by atoms with E-state index in [1.807, 2.05) is 31.2 Å². The van der Waals surface area contributed by atoms with E-state index >= 15 is 0 Å². The Morgan fingerprint density at radius 3 is 2.42 bits per heavy atom. The van der Waals surface area contributed by atoms with E-state index < -0.39 is 15.9 Å². The molecule has 2 aromatic carbocycles. The van der Waals surface area contributed by atoms with Crippen molar-refractivity contribution in [3.63, 3.8) is 0 Å². The second-order valence-corrected chi connectivity index (χ2v) is 8.27. The quantitative estimate of drug-likeness (QED) is 0.780. The number of carbonyl (C=O) groups is 1. The number of ether oxygens (including phenoxy) is 1. The van der Waals surface area contributed by atoms with Crippen molar-refractivity contribution in [3.05, 3.63) is 58.6 Å². The Hall–Kier alpha value is -2.09. The Labute approximate surface area is 158 Å². The van der Waals surface area contributed by atoms with Crippen LogP contribution >= 0.6 is 11.6 Å². The topological polar surface area (TPSA) is 75.7 Å². The second kappa shape index (κ2) is 8.53. The molecule has 2 aromatic rings. The first kappa shape index (κ1) is 20.2. The molecule has 0 radical (unpaired) electrons. The van der Waals surface area contributed by atoms with E-state index in [0.717, 1.165) is 15.4 Å². The minimum atomic E-state index is -3.84. The number of sulfonamides is 1. The molecule has 1 N–H and O–H groups in total. The maximum absolute atomic E-state index is 12.6. The van der Waals surface area contributed by atoms with Gasteiger partial charge >= 0.3 is 0 Å². The number of amides is 1. The summed E-state index contributed by atoms with van der Waals surface area (Å²) in [5.74, 6) is -0.0135. The summed E-state index contributed by atoms with van der Waals surface area (Å²) in [5.41, 5.74) is 2.07. The number of likely N-dealkylation sites (N-methyl/N-ethyl adjacent to an activating group) is 1. The fraction of sp³-hybridized carbons (Fsp3) is 0.278. The average Bonchev–Trinajstić information content (AvgIpc) is 2.61. The number of benzene rings is 2. The predicted octanol–water partition coefficient (Wildman–Crippen LogP) is 2.59. The van der Waals surface area contributed by atoms with Gasteiger partial charge in [0.1, 0.15) is 5.75 Å². The van der Waals surface area contributed by atoms with Gasteiger partial charge in [0.2, 0.25) is 15.9 Å². The van der Waals surface area contributed by atoms with Gasteiger partial charge in [-0.25, -0.2) is 8.42 Å². The van der Waals surface area contributed by atoms with Gasteiger partial charge in [0.15, 0.2) is 0 Å². The van der Waals surface area contributed by atoms with Crippen molar-refractivity contribution in [3.8, 4) is 5.75 Å². The molecule has 0 saturated carbocycles. The van der Waals surface area contributed by atoms with Gasteiger partial charge in [-0.3, -0.25) is 4.79 Å².